The van der Waals surface area contributed by atoms with Crippen molar-refractivity contribution in [2.24, 2.45) is 0 Å². The third kappa shape index (κ3) is 4.17. The number of para-hydroxylation sites is 2. The highest BCUT2D eigenvalue weighted by Gasteiger charge is 2.13. The molecule has 4 aromatic rings. The summed E-state index contributed by atoms with van der Waals surface area (Å²) in [5.41, 5.74) is 3.07. The average molecular weight is 409 g/mol. The molecule has 0 atom stereocenters. The van der Waals surface area contributed by atoms with Crippen LogP contribution < -0.4 is 10.1 Å². The van der Waals surface area contributed by atoms with Gasteiger partial charge in [0.25, 0.3) is 5.91 Å². The molecule has 1 heterocycles. The van der Waals surface area contributed by atoms with Crippen molar-refractivity contribution in [1.82, 2.24) is 4.98 Å². The fourth-order valence-electron chi connectivity index (χ4n) is 2.83. The monoisotopic (exact) mass is 408 g/mol. The van der Waals surface area contributed by atoms with Crippen molar-refractivity contribution in [3.63, 3.8) is 0 Å². The maximum absolute atomic E-state index is 12.1. The number of aromatic hydroxyl groups is 1. The minimum atomic E-state index is -0.355. The number of benzene rings is 3. The second kappa shape index (κ2) is 7.85. The normalized spacial score (nSPS) is 10.8. The van der Waals surface area contributed by atoms with Gasteiger partial charge in [0.1, 0.15) is 17.0 Å². The minimum Gasteiger partial charge on any atom is -0.507 e. The molecule has 0 radical (unpaired) electrons. The van der Waals surface area contributed by atoms with Gasteiger partial charge in [-0.15, -0.1) is 0 Å². The molecule has 146 valence electrons. The van der Waals surface area contributed by atoms with Crippen molar-refractivity contribution in [2.45, 2.75) is 6.92 Å². The molecule has 6 nitrogen and oxygen atoms in total. The summed E-state index contributed by atoms with van der Waals surface area (Å²) in [5.74, 6) is 0.453. The molecule has 0 spiro atoms. The molecular formula is C22H17ClN2O4. The smallest absolute Gasteiger partial charge is 0.262 e. The summed E-state index contributed by atoms with van der Waals surface area (Å²) in [6, 6.07) is 17.3. The van der Waals surface area contributed by atoms with E-state index in [1.54, 1.807) is 36.4 Å². The first-order chi connectivity index (χ1) is 14.0. The highest BCUT2D eigenvalue weighted by atomic mass is 35.5. The van der Waals surface area contributed by atoms with Crippen LogP contribution in [0.3, 0.4) is 0 Å². The van der Waals surface area contributed by atoms with Gasteiger partial charge in [-0.3, -0.25) is 4.79 Å². The molecule has 0 aliphatic rings. The van der Waals surface area contributed by atoms with Crippen LogP contribution in [-0.2, 0) is 4.79 Å². The lowest BCUT2D eigenvalue weighted by atomic mass is 10.2. The van der Waals surface area contributed by atoms with Crippen LogP contribution in [0.15, 0.2) is 65.1 Å². The predicted molar refractivity (Wildman–Crippen MR) is 111 cm³/mol. The van der Waals surface area contributed by atoms with Crippen molar-refractivity contribution >= 4 is 34.3 Å². The van der Waals surface area contributed by atoms with Gasteiger partial charge in [-0.25, -0.2) is 4.98 Å². The van der Waals surface area contributed by atoms with Crippen LogP contribution in [-0.4, -0.2) is 22.6 Å². The fourth-order valence-corrected chi connectivity index (χ4v) is 2.95. The molecule has 7 heteroatoms. The molecule has 0 saturated carbocycles. The second-order valence-corrected chi connectivity index (χ2v) is 6.87. The number of nitrogens with one attached hydrogen (secondary N) is 1. The average Bonchev–Trinajstić information content (AvgIpc) is 3.13. The molecule has 0 bridgehead atoms. The molecule has 4 rings (SSSR count). The molecule has 1 aromatic heterocycles. The van der Waals surface area contributed by atoms with Crippen LogP contribution in [0, 0.1) is 6.92 Å². The maximum atomic E-state index is 12.1. The number of nitrogens with zero attached hydrogens (tertiary/aromatic N) is 1. The standard InChI is InChI=1S/C22H17ClN2O4/c1-13-10-15(7-9-17(13)23)28-12-21(27)24-14-6-8-16(19(26)11-14)22-25-18-4-2-3-5-20(18)29-22/h2-11,26H,12H2,1H3,(H,24,27). The van der Waals surface area contributed by atoms with E-state index in [1.165, 1.54) is 6.07 Å². The van der Waals surface area contributed by atoms with Crippen molar-refractivity contribution in [2.75, 3.05) is 11.9 Å². The van der Waals surface area contributed by atoms with Crippen LogP contribution in [0.25, 0.3) is 22.6 Å². The van der Waals surface area contributed by atoms with Crippen LogP contribution in [0.4, 0.5) is 5.69 Å². The first-order valence-electron chi connectivity index (χ1n) is 8.87. The number of hydrogen-bond donors (Lipinski definition) is 2. The van der Waals surface area contributed by atoms with E-state index in [-0.39, 0.29) is 18.3 Å². The van der Waals surface area contributed by atoms with Crippen molar-refractivity contribution in [1.29, 1.82) is 0 Å². The van der Waals surface area contributed by atoms with E-state index in [0.717, 1.165) is 5.56 Å². The number of oxazole rings is 1. The zero-order valence-electron chi connectivity index (χ0n) is 15.5. The molecule has 0 aliphatic heterocycles. The van der Waals surface area contributed by atoms with Gasteiger partial charge < -0.3 is 19.6 Å². The Balaban J connectivity index is 1.43. The van der Waals surface area contributed by atoms with Crippen LogP contribution >= 0.6 is 11.6 Å². The zero-order chi connectivity index (χ0) is 20.4. The van der Waals surface area contributed by atoms with Gasteiger partial charge in [-0.05, 0) is 55.0 Å². The second-order valence-electron chi connectivity index (χ2n) is 6.47. The first-order valence-corrected chi connectivity index (χ1v) is 9.25. The number of rotatable bonds is 5. The molecule has 0 unspecified atom stereocenters. The van der Waals surface area contributed by atoms with E-state index >= 15 is 0 Å². The lowest BCUT2D eigenvalue weighted by Crippen LogP contribution is -2.20. The summed E-state index contributed by atoms with van der Waals surface area (Å²) in [5, 5.41) is 13.7. The fraction of sp³-hybridized carbons (Fsp3) is 0.0909. The van der Waals surface area contributed by atoms with Crippen molar-refractivity contribution in [3.8, 4) is 23.0 Å². The lowest BCUT2D eigenvalue weighted by molar-refractivity contribution is -0.118. The predicted octanol–water partition coefficient (Wildman–Crippen LogP) is 5.18. The summed E-state index contributed by atoms with van der Waals surface area (Å²) in [7, 11) is 0. The zero-order valence-corrected chi connectivity index (χ0v) is 16.2. The largest absolute Gasteiger partial charge is 0.507 e. The number of amides is 1. The SMILES string of the molecule is Cc1cc(OCC(=O)Nc2ccc(-c3nc4ccccc4o3)c(O)c2)ccc1Cl. The Morgan fingerprint density at radius 1 is 1.17 bits per heavy atom. The Bertz CT molecular complexity index is 1170. The highest BCUT2D eigenvalue weighted by molar-refractivity contribution is 6.31. The van der Waals surface area contributed by atoms with Crippen molar-refractivity contribution in [3.05, 3.63) is 71.2 Å². The Labute approximate surface area is 171 Å². The van der Waals surface area contributed by atoms with Gasteiger partial charge in [-0.2, -0.15) is 0 Å². The van der Waals surface area contributed by atoms with Crippen LogP contribution in [0.2, 0.25) is 5.02 Å². The molecule has 3 aromatic carbocycles. The number of carbonyl (C=O) groups excluding carboxylic acids is 1. The molecule has 2 N–H and O–H groups in total. The van der Waals surface area contributed by atoms with Gasteiger partial charge in [-0.1, -0.05) is 23.7 Å². The maximum Gasteiger partial charge on any atom is 0.262 e. The van der Waals surface area contributed by atoms with Gasteiger partial charge in [0, 0.05) is 16.8 Å². The number of carbonyl (C=O) groups is 1. The van der Waals surface area contributed by atoms with Gasteiger partial charge in [0.05, 0.1) is 5.56 Å². The number of halogens is 1. The number of fused-ring (bicyclic) bond motifs is 1. The number of anilines is 1. The number of aromatic nitrogens is 1. The van der Waals surface area contributed by atoms with E-state index < -0.39 is 0 Å². The van der Waals surface area contributed by atoms with E-state index in [9.17, 15) is 9.90 Å². The number of phenolic OH excluding ortho intramolecular Hbond substituents is 1. The Hall–Kier alpha value is -3.51. The highest BCUT2D eigenvalue weighted by Crippen LogP contribution is 2.33. The number of phenols is 1. The molecule has 0 fully saturated rings. The minimum absolute atomic E-state index is 0.0522. The van der Waals surface area contributed by atoms with E-state index in [0.29, 0.717) is 39.0 Å². The molecule has 0 aliphatic carbocycles. The molecule has 0 saturated heterocycles. The van der Waals surface area contributed by atoms with Gasteiger partial charge in [0.15, 0.2) is 12.2 Å². The van der Waals surface area contributed by atoms with Crippen LogP contribution in [0.5, 0.6) is 11.5 Å². The summed E-state index contributed by atoms with van der Waals surface area (Å²) in [6.07, 6.45) is 0. The van der Waals surface area contributed by atoms with Gasteiger partial charge >= 0.3 is 0 Å². The lowest BCUT2D eigenvalue weighted by Gasteiger charge is -2.09. The van der Waals surface area contributed by atoms with Gasteiger partial charge in [0.2, 0.25) is 5.89 Å². The number of hydrogen-bond acceptors (Lipinski definition) is 5. The van der Waals surface area contributed by atoms with E-state index in [2.05, 4.69) is 10.3 Å². The third-order valence-electron chi connectivity index (χ3n) is 4.31. The number of aryl methyl sites for hydroxylation is 1. The van der Waals surface area contributed by atoms with Crippen molar-refractivity contribution < 1.29 is 19.1 Å². The number of ether oxygens (including phenoxy) is 1. The van der Waals surface area contributed by atoms with E-state index in [1.807, 2.05) is 25.1 Å². The van der Waals surface area contributed by atoms with Crippen LogP contribution in [0.1, 0.15) is 5.56 Å². The molecular weight excluding hydrogens is 392 g/mol. The topological polar surface area (TPSA) is 84.6 Å². The summed E-state index contributed by atoms with van der Waals surface area (Å²) >= 11 is 5.98. The molecule has 1 amide bonds. The summed E-state index contributed by atoms with van der Waals surface area (Å²) in [4.78, 5) is 16.5. The first kappa shape index (κ1) is 18.8. The molecule has 29 heavy (non-hydrogen) atoms. The summed E-state index contributed by atoms with van der Waals surface area (Å²) in [6.45, 7) is 1.69. The Morgan fingerprint density at radius 2 is 2.00 bits per heavy atom. The third-order valence-corrected chi connectivity index (χ3v) is 4.73. The quantitative estimate of drug-likeness (QED) is 0.475. The summed E-state index contributed by atoms with van der Waals surface area (Å²) < 4.78 is 11.1. The van der Waals surface area contributed by atoms with E-state index in [4.69, 9.17) is 20.8 Å². The Kier molecular flexibility index (Phi) is 5.10. The Morgan fingerprint density at radius 3 is 2.76 bits per heavy atom.